The number of carboxylic acids is 1. The molecule has 0 saturated carbocycles. The number of furan rings is 1. The van der Waals surface area contributed by atoms with Gasteiger partial charge in [0.1, 0.15) is 12.4 Å². The van der Waals surface area contributed by atoms with Gasteiger partial charge in [-0.3, -0.25) is 10.1 Å². The van der Waals surface area contributed by atoms with Gasteiger partial charge < -0.3 is 14.3 Å². The second kappa shape index (κ2) is 5.74. The lowest BCUT2D eigenvalue weighted by Crippen LogP contribution is -2.03. The van der Waals surface area contributed by atoms with Gasteiger partial charge in [0.15, 0.2) is 0 Å². The minimum atomic E-state index is -1.20. The van der Waals surface area contributed by atoms with E-state index in [4.69, 9.17) is 14.3 Å². The summed E-state index contributed by atoms with van der Waals surface area (Å²) in [6, 6.07) is 5.54. The van der Waals surface area contributed by atoms with Crippen LogP contribution in [0.15, 0.2) is 39.4 Å². The Kier molecular flexibility index (Phi) is 4.04. The number of nitro benzene ring substituents is 1. The van der Waals surface area contributed by atoms with Crippen LogP contribution in [-0.2, 0) is 6.61 Å². The molecule has 0 aliphatic heterocycles. The Bertz CT molecular complexity index is 666. The summed E-state index contributed by atoms with van der Waals surface area (Å²) in [5.74, 6) is -1.17. The van der Waals surface area contributed by atoms with Crippen molar-refractivity contribution >= 4 is 27.6 Å². The monoisotopic (exact) mass is 341 g/mol. The molecule has 0 fully saturated rings. The molecule has 1 N–H and O–H groups in total. The number of carboxylic acid groups (broad SMARTS) is 1. The molecular formula is C12H8BrNO6. The second-order valence-electron chi connectivity index (χ2n) is 3.74. The van der Waals surface area contributed by atoms with E-state index in [1.165, 1.54) is 30.5 Å². The van der Waals surface area contributed by atoms with E-state index in [0.29, 0.717) is 10.0 Å². The molecule has 2 rings (SSSR count). The molecule has 0 aliphatic rings. The zero-order chi connectivity index (χ0) is 14.7. The van der Waals surface area contributed by atoms with E-state index >= 15 is 0 Å². The molecule has 20 heavy (non-hydrogen) atoms. The Morgan fingerprint density at radius 2 is 2.20 bits per heavy atom. The molecule has 0 saturated heterocycles. The van der Waals surface area contributed by atoms with Crippen LogP contribution in [0.1, 0.15) is 16.1 Å². The lowest BCUT2D eigenvalue weighted by Gasteiger charge is -2.07. The van der Waals surface area contributed by atoms with Crippen molar-refractivity contribution in [2.24, 2.45) is 0 Å². The van der Waals surface area contributed by atoms with Crippen molar-refractivity contribution < 1.29 is 24.0 Å². The Hall–Kier alpha value is -2.35. The summed E-state index contributed by atoms with van der Waals surface area (Å²) in [7, 11) is 0. The molecule has 104 valence electrons. The van der Waals surface area contributed by atoms with E-state index in [1.54, 1.807) is 0 Å². The first-order chi connectivity index (χ1) is 9.49. The number of halogens is 1. The highest BCUT2D eigenvalue weighted by Gasteiger charge is 2.16. The molecule has 7 nitrogen and oxygen atoms in total. The summed E-state index contributed by atoms with van der Waals surface area (Å²) in [4.78, 5) is 21.0. The normalized spacial score (nSPS) is 10.2. The van der Waals surface area contributed by atoms with Gasteiger partial charge in [-0.05, 0) is 28.1 Å². The molecule has 1 heterocycles. The van der Waals surface area contributed by atoms with E-state index in [-0.39, 0.29) is 23.8 Å². The van der Waals surface area contributed by atoms with Gasteiger partial charge in [-0.15, -0.1) is 0 Å². The Morgan fingerprint density at radius 3 is 2.85 bits per heavy atom. The van der Waals surface area contributed by atoms with Crippen LogP contribution in [0.2, 0.25) is 0 Å². The topological polar surface area (TPSA) is 103 Å². The van der Waals surface area contributed by atoms with Crippen molar-refractivity contribution in [3.05, 3.63) is 56.4 Å². The zero-order valence-corrected chi connectivity index (χ0v) is 11.5. The van der Waals surface area contributed by atoms with Crippen LogP contribution >= 0.6 is 15.9 Å². The standard InChI is InChI=1S/C12H8BrNO6/c13-9-2-1-8(14(17)18)5-10(9)20-6-7-3-4-19-11(7)12(15)16/h1-5H,6H2,(H,15,16). The molecule has 0 atom stereocenters. The number of hydrogen-bond donors (Lipinski definition) is 1. The van der Waals surface area contributed by atoms with Gasteiger partial charge >= 0.3 is 5.97 Å². The highest BCUT2D eigenvalue weighted by atomic mass is 79.9. The lowest BCUT2D eigenvalue weighted by atomic mass is 10.2. The maximum Gasteiger partial charge on any atom is 0.372 e. The number of nitro groups is 1. The fourth-order valence-corrected chi connectivity index (χ4v) is 1.87. The third-order valence-electron chi connectivity index (χ3n) is 2.45. The Balaban J connectivity index is 2.18. The number of nitrogens with zero attached hydrogens (tertiary/aromatic N) is 1. The van der Waals surface area contributed by atoms with Crippen LogP contribution in [0, 0.1) is 10.1 Å². The fourth-order valence-electron chi connectivity index (χ4n) is 1.51. The average molecular weight is 342 g/mol. The molecule has 0 spiro atoms. The maximum absolute atomic E-state index is 10.9. The maximum atomic E-state index is 10.9. The van der Waals surface area contributed by atoms with Crippen molar-refractivity contribution in [1.82, 2.24) is 0 Å². The number of benzene rings is 1. The zero-order valence-electron chi connectivity index (χ0n) is 9.91. The minimum Gasteiger partial charge on any atom is -0.487 e. The molecule has 1 aromatic heterocycles. The van der Waals surface area contributed by atoms with Gasteiger partial charge in [-0.2, -0.15) is 0 Å². The van der Waals surface area contributed by atoms with Gasteiger partial charge in [-0.1, -0.05) is 0 Å². The Labute approximate surface area is 121 Å². The van der Waals surface area contributed by atoms with Gasteiger partial charge in [0.2, 0.25) is 5.76 Å². The first-order valence-corrected chi connectivity index (χ1v) is 6.14. The van der Waals surface area contributed by atoms with E-state index < -0.39 is 10.9 Å². The first-order valence-electron chi connectivity index (χ1n) is 5.35. The van der Waals surface area contributed by atoms with E-state index in [1.807, 2.05) is 0 Å². The SMILES string of the molecule is O=C(O)c1occc1COc1cc([N+](=O)[O-])ccc1Br. The van der Waals surface area contributed by atoms with Crippen molar-refractivity contribution in [1.29, 1.82) is 0 Å². The van der Waals surface area contributed by atoms with Crippen molar-refractivity contribution in [3.8, 4) is 5.75 Å². The molecule has 0 bridgehead atoms. The molecule has 0 unspecified atom stereocenters. The quantitative estimate of drug-likeness (QED) is 0.661. The number of aromatic carboxylic acids is 1. The number of rotatable bonds is 5. The van der Waals surface area contributed by atoms with Crippen LogP contribution in [-0.4, -0.2) is 16.0 Å². The van der Waals surface area contributed by atoms with Crippen LogP contribution in [0.3, 0.4) is 0 Å². The fraction of sp³-hybridized carbons (Fsp3) is 0.0833. The van der Waals surface area contributed by atoms with Crippen LogP contribution in [0.4, 0.5) is 5.69 Å². The summed E-state index contributed by atoms with van der Waals surface area (Å²) >= 11 is 3.20. The van der Waals surface area contributed by atoms with E-state index in [0.717, 1.165) is 0 Å². The minimum absolute atomic E-state index is 0.0715. The summed E-state index contributed by atoms with van der Waals surface area (Å²) in [6.07, 6.45) is 1.24. The number of hydrogen-bond acceptors (Lipinski definition) is 5. The smallest absolute Gasteiger partial charge is 0.372 e. The molecule has 1 aromatic carbocycles. The highest BCUT2D eigenvalue weighted by molar-refractivity contribution is 9.10. The van der Waals surface area contributed by atoms with Crippen molar-refractivity contribution in [2.75, 3.05) is 0 Å². The van der Waals surface area contributed by atoms with Crippen LogP contribution < -0.4 is 4.74 Å². The summed E-state index contributed by atoms with van der Waals surface area (Å²) in [6.45, 7) is -0.0715. The predicted octanol–water partition coefficient (Wildman–Crippen LogP) is 3.23. The highest BCUT2D eigenvalue weighted by Crippen LogP contribution is 2.30. The molecule has 2 aromatic rings. The first kappa shape index (κ1) is 14.1. The van der Waals surface area contributed by atoms with Crippen LogP contribution in [0.25, 0.3) is 0 Å². The van der Waals surface area contributed by atoms with Gasteiger partial charge in [-0.25, -0.2) is 4.79 Å². The molecule has 0 aliphatic carbocycles. The number of non-ortho nitro benzene ring substituents is 1. The summed E-state index contributed by atoms with van der Waals surface area (Å²) in [5, 5.41) is 19.6. The van der Waals surface area contributed by atoms with Gasteiger partial charge in [0, 0.05) is 11.6 Å². The van der Waals surface area contributed by atoms with Crippen molar-refractivity contribution in [2.45, 2.75) is 6.61 Å². The largest absolute Gasteiger partial charge is 0.487 e. The predicted molar refractivity (Wildman–Crippen MR) is 70.8 cm³/mol. The lowest BCUT2D eigenvalue weighted by molar-refractivity contribution is -0.385. The summed E-state index contributed by atoms with van der Waals surface area (Å²) in [5.41, 5.74) is 0.227. The molecule has 0 radical (unpaired) electrons. The van der Waals surface area contributed by atoms with Crippen molar-refractivity contribution in [3.63, 3.8) is 0 Å². The van der Waals surface area contributed by atoms with Gasteiger partial charge in [0.05, 0.1) is 21.7 Å². The third-order valence-corrected chi connectivity index (χ3v) is 3.10. The average Bonchev–Trinajstić information content (AvgIpc) is 2.86. The molecule has 0 amide bonds. The van der Waals surface area contributed by atoms with Crippen LogP contribution in [0.5, 0.6) is 5.75 Å². The third kappa shape index (κ3) is 2.97. The molecular weight excluding hydrogens is 334 g/mol. The van der Waals surface area contributed by atoms with E-state index in [2.05, 4.69) is 15.9 Å². The summed E-state index contributed by atoms with van der Waals surface area (Å²) < 4.78 is 10.7. The van der Waals surface area contributed by atoms with E-state index in [9.17, 15) is 14.9 Å². The second-order valence-corrected chi connectivity index (χ2v) is 4.59. The number of carbonyl (C=O) groups is 1. The number of ether oxygens (including phenoxy) is 1. The molecule has 8 heteroatoms. The van der Waals surface area contributed by atoms with Gasteiger partial charge in [0.25, 0.3) is 5.69 Å². The Morgan fingerprint density at radius 1 is 1.45 bits per heavy atom.